The summed E-state index contributed by atoms with van der Waals surface area (Å²) in [5, 5.41) is 9.33. The fraction of sp³-hybridized carbons (Fsp3) is 0.846. The summed E-state index contributed by atoms with van der Waals surface area (Å²) in [5.74, 6) is -1.01. The summed E-state index contributed by atoms with van der Waals surface area (Å²) in [6.07, 6.45) is 0.444. The fourth-order valence-corrected chi connectivity index (χ4v) is 1.54. The van der Waals surface area contributed by atoms with Crippen LogP contribution in [0.5, 0.6) is 0 Å². The molecule has 18 heavy (non-hydrogen) atoms. The SMILES string of the molecule is CCCN(C(=O)OC(C)(C)C)C(C)(CC)C(=O)O. The van der Waals surface area contributed by atoms with Gasteiger partial charge in [0, 0.05) is 6.54 Å². The van der Waals surface area contributed by atoms with Crippen molar-refractivity contribution in [2.75, 3.05) is 6.54 Å². The lowest BCUT2D eigenvalue weighted by molar-refractivity contribution is -0.150. The van der Waals surface area contributed by atoms with Gasteiger partial charge in [0.2, 0.25) is 0 Å². The summed E-state index contributed by atoms with van der Waals surface area (Å²) >= 11 is 0. The normalized spacial score (nSPS) is 14.8. The molecule has 0 spiro atoms. The zero-order chi connectivity index (χ0) is 14.6. The summed E-state index contributed by atoms with van der Waals surface area (Å²) < 4.78 is 5.27. The largest absolute Gasteiger partial charge is 0.480 e. The Kier molecular flexibility index (Phi) is 5.64. The number of carbonyl (C=O) groups is 2. The first kappa shape index (κ1) is 16.7. The van der Waals surface area contributed by atoms with Gasteiger partial charge in [0.1, 0.15) is 11.1 Å². The number of hydrogen-bond acceptors (Lipinski definition) is 3. The van der Waals surface area contributed by atoms with Crippen molar-refractivity contribution >= 4 is 12.1 Å². The van der Waals surface area contributed by atoms with Crippen molar-refractivity contribution in [2.24, 2.45) is 0 Å². The molecule has 0 saturated heterocycles. The molecule has 0 aliphatic heterocycles. The minimum absolute atomic E-state index is 0.335. The summed E-state index contributed by atoms with van der Waals surface area (Å²) in [6.45, 7) is 10.9. The van der Waals surface area contributed by atoms with E-state index in [4.69, 9.17) is 4.74 Å². The van der Waals surface area contributed by atoms with E-state index >= 15 is 0 Å². The number of carbonyl (C=O) groups excluding carboxylic acids is 1. The van der Waals surface area contributed by atoms with Gasteiger partial charge in [0.25, 0.3) is 0 Å². The predicted octanol–water partition coefficient (Wildman–Crippen LogP) is 2.89. The molecule has 5 nitrogen and oxygen atoms in total. The molecule has 0 saturated carbocycles. The van der Waals surface area contributed by atoms with Gasteiger partial charge in [0.05, 0.1) is 0 Å². The maximum absolute atomic E-state index is 12.1. The van der Waals surface area contributed by atoms with Gasteiger partial charge in [-0.05, 0) is 40.5 Å². The van der Waals surface area contributed by atoms with E-state index in [1.165, 1.54) is 4.90 Å². The average Bonchev–Trinajstić information content (AvgIpc) is 2.21. The molecule has 1 N–H and O–H groups in total. The van der Waals surface area contributed by atoms with Crippen LogP contribution in [0.2, 0.25) is 0 Å². The van der Waals surface area contributed by atoms with E-state index in [0.29, 0.717) is 19.4 Å². The smallest absolute Gasteiger partial charge is 0.411 e. The Hall–Kier alpha value is -1.26. The summed E-state index contributed by atoms with van der Waals surface area (Å²) in [4.78, 5) is 24.8. The second-order valence-electron chi connectivity index (χ2n) is 5.56. The summed E-state index contributed by atoms with van der Waals surface area (Å²) in [7, 11) is 0. The van der Waals surface area contributed by atoms with Gasteiger partial charge in [0.15, 0.2) is 0 Å². The molecule has 0 rings (SSSR count). The molecule has 5 heteroatoms. The van der Waals surface area contributed by atoms with Crippen LogP contribution in [0.25, 0.3) is 0 Å². The molecule has 1 amide bonds. The molecule has 0 aromatic carbocycles. The Morgan fingerprint density at radius 3 is 1.94 bits per heavy atom. The van der Waals surface area contributed by atoms with Crippen LogP contribution in [-0.2, 0) is 9.53 Å². The van der Waals surface area contributed by atoms with Crippen LogP contribution in [0, 0.1) is 0 Å². The third-order valence-electron chi connectivity index (χ3n) is 2.81. The van der Waals surface area contributed by atoms with Crippen molar-refractivity contribution in [3.8, 4) is 0 Å². The van der Waals surface area contributed by atoms with Gasteiger partial charge >= 0.3 is 12.1 Å². The van der Waals surface area contributed by atoms with E-state index in [1.54, 1.807) is 34.6 Å². The minimum Gasteiger partial charge on any atom is -0.480 e. The van der Waals surface area contributed by atoms with E-state index in [9.17, 15) is 14.7 Å². The Morgan fingerprint density at radius 1 is 1.17 bits per heavy atom. The molecule has 1 unspecified atom stereocenters. The maximum Gasteiger partial charge on any atom is 0.411 e. The molecule has 0 fully saturated rings. The van der Waals surface area contributed by atoms with Gasteiger partial charge in [-0.3, -0.25) is 4.90 Å². The van der Waals surface area contributed by atoms with Crippen LogP contribution in [0.1, 0.15) is 54.4 Å². The minimum atomic E-state index is -1.22. The molecule has 1 atom stereocenters. The van der Waals surface area contributed by atoms with Gasteiger partial charge in [-0.1, -0.05) is 13.8 Å². The quantitative estimate of drug-likeness (QED) is 0.824. The van der Waals surface area contributed by atoms with Crippen LogP contribution in [0.4, 0.5) is 4.79 Å². The molecule has 0 radical (unpaired) electrons. The van der Waals surface area contributed by atoms with Gasteiger partial charge < -0.3 is 9.84 Å². The lowest BCUT2D eigenvalue weighted by Crippen LogP contribution is -2.56. The van der Waals surface area contributed by atoms with Crippen LogP contribution >= 0.6 is 0 Å². The zero-order valence-corrected chi connectivity index (χ0v) is 12.2. The topological polar surface area (TPSA) is 66.8 Å². The Balaban J connectivity index is 5.17. The molecule has 0 aromatic rings. The van der Waals surface area contributed by atoms with E-state index < -0.39 is 23.2 Å². The zero-order valence-electron chi connectivity index (χ0n) is 12.2. The molecule has 0 heterocycles. The molecule has 0 aromatic heterocycles. The van der Waals surface area contributed by atoms with Crippen LogP contribution in [-0.4, -0.2) is 39.8 Å². The van der Waals surface area contributed by atoms with Gasteiger partial charge in [-0.25, -0.2) is 9.59 Å². The van der Waals surface area contributed by atoms with E-state index in [1.807, 2.05) is 6.92 Å². The highest BCUT2D eigenvalue weighted by molar-refractivity contribution is 5.84. The highest BCUT2D eigenvalue weighted by Gasteiger charge is 2.42. The van der Waals surface area contributed by atoms with Crippen LogP contribution in [0.15, 0.2) is 0 Å². The first-order chi connectivity index (χ1) is 8.08. The van der Waals surface area contributed by atoms with Crippen molar-refractivity contribution < 1.29 is 19.4 Å². The third-order valence-corrected chi connectivity index (χ3v) is 2.81. The summed E-state index contributed by atoms with van der Waals surface area (Å²) in [6, 6.07) is 0. The van der Waals surface area contributed by atoms with E-state index in [2.05, 4.69) is 0 Å². The second-order valence-corrected chi connectivity index (χ2v) is 5.56. The monoisotopic (exact) mass is 259 g/mol. The summed E-state index contributed by atoms with van der Waals surface area (Å²) in [5.41, 5.74) is -1.85. The van der Waals surface area contributed by atoms with Crippen molar-refractivity contribution in [1.82, 2.24) is 4.90 Å². The van der Waals surface area contributed by atoms with E-state index in [0.717, 1.165) is 0 Å². The van der Waals surface area contributed by atoms with Gasteiger partial charge in [-0.15, -0.1) is 0 Å². The number of ether oxygens (including phenoxy) is 1. The number of carboxylic acids is 1. The molecule has 0 aliphatic carbocycles. The van der Waals surface area contributed by atoms with Crippen molar-refractivity contribution in [3.63, 3.8) is 0 Å². The molecule has 0 bridgehead atoms. The van der Waals surface area contributed by atoms with Crippen molar-refractivity contribution in [2.45, 2.75) is 65.5 Å². The number of nitrogens with zero attached hydrogens (tertiary/aromatic N) is 1. The van der Waals surface area contributed by atoms with Crippen molar-refractivity contribution in [1.29, 1.82) is 0 Å². The first-order valence-electron chi connectivity index (χ1n) is 6.32. The molecule has 106 valence electrons. The lowest BCUT2D eigenvalue weighted by Gasteiger charge is -2.38. The molecule has 0 aliphatic rings. The Labute approximate surface area is 109 Å². The Bertz CT molecular complexity index is 309. The van der Waals surface area contributed by atoms with Crippen molar-refractivity contribution in [3.05, 3.63) is 0 Å². The number of carboxylic acid groups (broad SMARTS) is 1. The van der Waals surface area contributed by atoms with Crippen LogP contribution < -0.4 is 0 Å². The first-order valence-corrected chi connectivity index (χ1v) is 6.32. The number of rotatable bonds is 5. The second kappa shape index (κ2) is 6.07. The third kappa shape index (κ3) is 4.20. The number of hydrogen-bond donors (Lipinski definition) is 1. The standard InChI is InChI=1S/C13H25NO4/c1-7-9-14(11(17)18-12(3,4)5)13(6,8-2)10(15)16/h7-9H2,1-6H3,(H,15,16). The highest BCUT2D eigenvalue weighted by atomic mass is 16.6. The fourth-order valence-electron chi connectivity index (χ4n) is 1.54. The lowest BCUT2D eigenvalue weighted by atomic mass is 9.96. The maximum atomic E-state index is 12.1. The number of amides is 1. The average molecular weight is 259 g/mol. The van der Waals surface area contributed by atoms with Gasteiger partial charge in [-0.2, -0.15) is 0 Å². The predicted molar refractivity (Wildman–Crippen MR) is 69.6 cm³/mol. The number of aliphatic carboxylic acids is 1. The van der Waals surface area contributed by atoms with E-state index in [-0.39, 0.29) is 0 Å². The Morgan fingerprint density at radius 2 is 1.67 bits per heavy atom. The van der Waals surface area contributed by atoms with Crippen LogP contribution in [0.3, 0.4) is 0 Å². The molecular formula is C13H25NO4. The molecular weight excluding hydrogens is 234 g/mol. The highest BCUT2D eigenvalue weighted by Crippen LogP contribution is 2.23.